The molecule has 0 spiro atoms. The molecule has 1 aromatic carbocycles. The summed E-state index contributed by atoms with van der Waals surface area (Å²) in [5, 5.41) is 6.50. The lowest BCUT2D eigenvalue weighted by atomic mass is 10.2. The van der Waals surface area contributed by atoms with E-state index in [2.05, 4.69) is 51.8 Å². The third-order valence-corrected chi connectivity index (χ3v) is 4.46. The standard InChI is InChI=1S/C21H37N5O/c1-5-22-21(24-17-15-20(27)26(6-2)7-3)23-16-11-12-18-25(4)19-13-9-8-10-14-19/h8-10,13-14H,5-7,11-12,15-18H2,1-4H3,(H2,22,23,24). The minimum atomic E-state index is 0.187. The van der Waals surface area contributed by atoms with Crippen LogP contribution in [0.4, 0.5) is 5.69 Å². The van der Waals surface area contributed by atoms with E-state index in [-0.39, 0.29) is 5.91 Å². The topological polar surface area (TPSA) is 60.0 Å². The van der Waals surface area contributed by atoms with Gasteiger partial charge in [0.25, 0.3) is 0 Å². The van der Waals surface area contributed by atoms with E-state index in [1.807, 2.05) is 31.7 Å². The predicted octanol–water partition coefficient (Wildman–Crippen LogP) is 2.72. The monoisotopic (exact) mass is 375 g/mol. The van der Waals surface area contributed by atoms with Crippen molar-refractivity contribution in [3.05, 3.63) is 30.3 Å². The maximum atomic E-state index is 12.0. The molecule has 0 aliphatic heterocycles. The molecule has 0 aliphatic carbocycles. The van der Waals surface area contributed by atoms with Gasteiger partial charge in [-0.3, -0.25) is 9.79 Å². The number of carbonyl (C=O) groups is 1. The van der Waals surface area contributed by atoms with Crippen LogP contribution >= 0.6 is 0 Å². The van der Waals surface area contributed by atoms with Crippen LogP contribution in [0, 0.1) is 0 Å². The Labute approximate surface area is 165 Å². The van der Waals surface area contributed by atoms with Gasteiger partial charge in [0.05, 0.1) is 0 Å². The summed E-state index contributed by atoms with van der Waals surface area (Å²) < 4.78 is 0. The zero-order chi connectivity index (χ0) is 19.9. The van der Waals surface area contributed by atoms with Crippen molar-refractivity contribution >= 4 is 17.6 Å². The van der Waals surface area contributed by atoms with E-state index in [9.17, 15) is 4.79 Å². The highest BCUT2D eigenvalue weighted by Gasteiger charge is 2.09. The largest absolute Gasteiger partial charge is 0.375 e. The summed E-state index contributed by atoms with van der Waals surface area (Å²) in [6.45, 7) is 10.8. The van der Waals surface area contributed by atoms with Crippen LogP contribution in [-0.4, -0.2) is 63.1 Å². The summed E-state index contributed by atoms with van der Waals surface area (Å²) >= 11 is 0. The molecule has 1 rings (SSSR count). The van der Waals surface area contributed by atoms with Gasteiger partial charge in [-0.2, -0.15) is 0 Å². The summed E-state index contributed by atoms with van der Waals surface area (Å²) in [7, 11) is 2.12. The van der Waals surface area contributed by atoms with Crippen LogP contribution in [0.5, 0.6) is 0 Å². The summed E-state index contributed by atoms with van der Waals surface area (Å²) in [6.07, 6.45) is 2.62. The van der Waals surface area contributed by atoms with Gasteiger partial charge in [0.15, 0.2) is 5.96 Å². The van der Waals surface area contributed by atoms with E-state index in [0.29, 0.717) is 13.0 Å². The predicted molar refractivity (Wildman–Crippen MR) is 115 cm³/mol. The fraction of sp³-hybridized carbons (Fsp3) is 0.619. The highest BCUT2D eigenvalue weighted by molar-refractivity contribution is 5.81. The van der Waals surface area contributed by atoms with Crippen molar-refractivity contribution in [2.24, 2.45) is 4.99 Å². The van der Waals surface area contributed by atoms with E-state index in [4.69, 9.17) is 0 Å². The Bertz CT molecular complexity index is 543. The lowest BCUT2D eigenvalue weighted by Gasteiger charge is -2.19. The fourth-order valence-electron chi connectivity index (χ4n) is 2.83. The average Bonchev–Trinajstić information content (AvgIpc) is 2.69. The van der Waals surface area contributed by atoms with E-state index in [1.54, 1.807) is 0 Å². The van der Waals surface area contributed by atoms with Gasteiger partial charge < -0.3 is 20.4 Å². The van der Waals surface area contributed by atoms with Crippen molar-refractivity contribution in [2.75, 3.05) is 51.2 Å². The highest BCUT2D eigenvalue weighted by Crippen LogP contribution is 2.11. The Morgan fingerprint density at radius 2 is 1.74 bits per heavy atom. The molecule has 1 amide bonds. The summed E-state index contributed by atoms with van der Waals surface area (Å²) in [6, 6.07) is 10.4. The molecule has 0 bridgehead atoms. The summed E-state index contributed by atoms with van der Waals surface area (Å²) in [5.74, 6) is 0.980. The van der Waals surface area contributed by atoms with Gasteiger partial charge in [0, 0.05) is 58.4 Å². The van der Waals surface area contributed by atoms with Crippen molar-refractivity contribution in [3.8, 4) is 0 Å². The van der Waals surface area contributed by atoms with Gasteiger partial charge in [-0.25, -0.2) is 0 Å². The van der Waals surface area contributed by atoms with Crippen molar-refractivity contribution in [3.63, 3.8) is 0 Å². The summed E-state index contributed by atoms with van der Waals surface area (Å²) in [5.41, 5.74) is 1.24. The molecular formula is C21H37N5O. The minimum absolute atomic E-state index is 0.187. The molecule has 0 unspecified atom stereocenters. The molecule has 0 atom stereocenters. The molecule has 0 radical (unpaired) electrons. The Hall–Kier alpha value is -2.24. The highest BCUT2D eigenvalue weighted by atomic mass is 16.2. The average molecular weight is 376 g/mol. The molecule has 0 aliphatic rings. The van der Waals surface area contributed by atoms with Crippen LogP contribution in [-0.2, 0) is 4.79 Å². The molecule has 0 saturated heterocycles. The lowest BCUT2D eigenvalue weighted by Crippen LogP contribution is -2.40. The maximum absolute atomic E-state index is 12.0. The first kappa shape index (κ1) is 22.8. The van der Waals surface area contributed by atoms with E-state index >= 15 is 0 Å². The van der Waals surface area contributed by atoms with Gasteiger partial charge >= 0.3 is 0 Å². The van der Waals surface area contributed by atoms with Crippen molar-refractivity contribution in [1.82, 2.24) is 15.5 Å². The number of guanidine groups is 1. The van der Waals surface area contributed by atoms with Gasteiger partial charge in [-0.15, -0.1) is 0 Å². The smallest absolute Gasteiger partial charge is 0.224 e. The molecule has 27 heavy (non-hydrogen) atoms. The van der Waals surface area contributed by atoms with Crippen LogP contribution in [0.15, 0.2) is 35.3 Å². The Morgan fingerprint density at radius 1 is 1.04 bits per heavy atom. The number of anilines is 1. The van der Waals surface area contributed by atoms with Crippen molar-refractivity contribution < 1.29 is 4.79 Å². The van der Waals surface area contributed by atoms with E-state index in [1.165, 1.54) is 5.69 Å². The van der Waals surface area contributed by atoms with Crippen molar-refractivity contribution in [2.45, 2.75) is 40.0 Å². The SMILES string of the molecule is CCNC(=NCCCCN(C)c1ccccc1)NCCC(=O)N(CC)CC. The molecule has 2 N–H and O–H groups in total. The first-order valence-corrected chi connectivity index (χ1v) is 10.2. The number of unbranched alkanes of at least 4 members (excludes halogenated alkanes) is 1. The Morgan fingerprint density at radius 3 is 2.37 bits per heavy atom. The van der Waals surface area contributed by atoms with Crippen LogP contribution in [0.1, 0.15) is 40.0 Å². The van der Waals surface area contributed by atoms with Crippen molar-refractivity contribution in [1.29, 1.82) is 0 Å². The molecule has 6 heteroatoms. The van der Waals surface area contributed by atoms with E-state index in [0.717, 1.165) is 51.5 Å². The second-order valence-corrected chi connectivity index (χ2v) is 6.47. The molecule has 0 saturated carbocycles. The number of aliphatic imine (C=N–C) groups is 1. The number of carbonyl (C=O) groups excluding carboxylic acids is 1. The quantitative estimate of drug-likeness (QED) is 0.335. The van der Waals surface area contributed by atoms with Gasteiger partial charge in [-0.1, -0.05) is 18.2 Å². The Balaban J connectivity index is 2.29. The van der Waals surface area contributed by atoms with Gasteiger partial charge in [-0.05, 0) is 45.7 Å². The second kappa shape index (κ2) is 13.9. The molecule has 0 fully saturated rings. The number of hydrogen-bond donors (Lipinski definition) is 2. The summed E-state index contributed by atoms with van der Waals surface area (Å²) in [4.78, 5) is 20.8. The number of hydrogen-bond acceptors (Lipinski definition) is 3. The normalized spacial score (nSPS) is 11.2. The zero-order valence-corrected chi connectivity index (χ0v) is 17.5. The molecule has 152 valence electrons. The van der Waals surface area contributed by atoms with Gasteiger partial charge in [0.2, 0.25) is 5.91 Å². The zero-order valence-electron chi connectivity index (χ0n) is 17.5. The molecular weight excluding hydrogens is 338 g/mol. The first-order chi connectivity index (χ1) is 13.1. The second-order valence-electron chi connectivity index (χ2n) is 6.47. The molecule has 6 nitrogen and oxygen atoms in total. The minimum Gasteiger partial charge on any atom is -0.375 e. The number of para-hydroxylation sites is 1. The third kappa shape index (κ3) is 9.31. The van der Waals surface area contributed by atoms with Crippen LogP contribution in [0.25, 0.3) is 0 Å². The number of amides is 1. The fourth-order valence-corrected chi connectivity index (χ4v) is 2.83. The van der Waals surface area contributed by atoms with Crippen LogP contribution in [0.3, 0.4) is 0 Å². The maximum Gasteiger partial charge on any atom is 0.224 e. The first-order valence-electron chi connectivity index (χ1n) is 10.2. The van der Waals surface area contributed by atoms with Crippen LogP contribution in [0.2, 0.25) is 0 Å². The number of nitrogens with one attached hydrogen (secondary N) is 2. The number of benzene rings is 1. The van der Waals surface area contributed by atoms with E-state index < -0.39 is 0 Å². The Kier molecular flexibility index (Phi) is 11.7. The molecule has 1 aromatic rings. The third-order valence-electron chi connectivity index (χ3n) is 4.46. The molecule has 0 heterocycles. The van der Waals surface area contributed by atoms with Crippen LogP contribution < -0.4 is 15.5 Å². The van der Waals surface area contributed by atoms with Gasteiger partial charge in [0.1, 0.15) is 0 Å². The number of rotatable bonds is 12. The number of nitrogens with zero attached hydrogens (tertiary/aromatic N) is 3. The lowest BCUT2D eigenvalue weighted by molar-refractivity contribution is -0.130. The molecule has 0 aromatic heterocycles.